The third kappa shape index (κ3) is 3.81. The highest BCUT2D eigenvalue weighted by molar-refractivity contribution is 5.81. The smallest absolute Gasteiger partial charge is 0.416 e. The lowest BCUT2D eigenvalue weighted by Crippen LogP contribution is -2.50. The van der Waals surface area contributed by atoms with Gasteiger partial charge >= 0.3 is 12.3 Å². The van der Waals surface area contributed by atoms with Crippen molar-refractivity contribution in [3.8, 4) is 0 Å². The van der Waals surface area contributed by atoms with Crippen LogP contribution in [0.25, 0.3) is 0 Å². The Bertz CT molecular complexity index is 802. The number of likely N-dealkylation sites (tertiary alicyclic amines) is 1. The number of carbonyl (C=O) groups excluding carboxylic acids is 2. The van der Waals surface area contributed by atoms with Gasteiger partial charge in [-0.2, -0.15) is 13.2 Å². The van der Waals surface area contributed by atoms with Gasteiger partial charge in [0.25, 0.3) is 0 Å². The fourth-order valence-corrected chi connectivity index (χ4v) is 4.70. The molecule has 3 aliphatic rings. The Morgan fingerprint density at radius 3 is 2.45 bits per heavy atom. The van der Waals surface area contributed by atoms with Crippen molar-refractivity contribution in [3.63, 3.8) is 0 Å². The van der Waals surface area contributed by atoms with E-state index in [9.17, 15) is 22.8 Å². The second kappa shape index (κ2) is 6.92. The predicted octanol–water partition coefficient (Wildman–Crippen LogP) is 3.72. The summed E-state index contributed by atoms with van der Waals surface area (Å²) in [6.07, 6.45) is -2.88. The summed E-state index contributed by atoms with van der Waals surface area (Å²) in [6, 6.07) is 5.32. The normalized spacial score (nSPS) is 30.6. The molecule has 1 N–H and O–H groups in total. The van der Waals surface area contributed by atoms with Gasteiger partial charge in [-0.05, 0) is 56.7 Å². The predicted molar refractivity (Wildman–Crippen MR) is 99.1 cm³/mol. The molecule has 0 radical (unpaired) electrons. The number of ether oxygens (including phenoxy) is 1. The number of alkyl carbamates (subject to hydrolysis) is 1. The Kier molecular flexibility index (Phi) is 4.78. The lowest BCUT2D eigenvalue weighted by atomic mass is 9.79. The van der Waals surface area contributed by atoms with E-state index in [4.69, 9.17) is 4.74 Å². The Labute approximate surface area is 167 Å². The zero-order valence-corrected chi connectivity index (χ0v) is 16.5. The number of rotatable bonds is 4. The van der Waals surface area contributed by atoms with Crippen LogP contribution < -0.4 is 5.32 Å². The number of amides is 2. The van der Waals surface area contributed by atoms with E-state index >= 15 is 0 Å². The zero-order chi connectivity index (χ0) is 21.0. The first-order valence-electron chi connectivity index (χ1n) is 10.0. The first kappa shape index (κ1) is 20.0. The minimum absolute atomic E-state index is 0.0452. The molecular formula is C21H25F3N2O3. The number of nitrogens with one attached hydrogen (secondary N) is 1. The van der Waals surface area contributed by atoms with Gasteiger partial charge in [-0.25, -0.2) is 4.79 Å². The van der Waals surface area contributed by atoms with Crippen molar-refractivity contribution in [2.45, 2.75) is 56.8 Å². The van der Waals surface area contributed by atoms with Crippen LogP contribution in [-0.2, 0) is 21.1 Å². The van der Waals surface area contributed by atoms with Crippen molar-refractivity contribution in [1.29, 1.82) is 0 Å². The van der Waals surface area contributed by atoms with Crippen molar-refractivity contribution in [2.24, 2.45) is 11.8 Å². The lowest BCUT2D eigenvalue weighted by Gasteiger charge is -2.37. The van der Waals surface area contributed by atoms with Crippen LogP contribution in [0.2, 0.25) is 0 Å². The Hall–Kier alpha value is -2.25. The van der Waals surface area contributed by atoms with Crippen LogP contribution in [0.15, 0.2) is 24.3 Å². The minimum Gasteiger partial charge on any atom is -0.447 e. The van der Waals surface area contributed by atoms with Crippen LogP contribution in [-0.4, -0.2) is 42.1 Å². The topological polar surface area (TPSA) is 58.6 Å². The molecule has 5 nitrogen and oxygen atoms in total. The first-order chi connectivity index (χ1) is 13.6. The molecule has 29 heavy (non-hydrogen) atoms. The molecule has 2 saturated carbocycles. The molecule has 0 bridgehead atoms. The molecule has 2 atom stereocenters. The van der Waals surface area contributed by atoms with Crippen LogP contribution >= 0.6 is 0 Å². The molecule has 158 valence electrons. The maximum atomic E-state index is 12.8. The second-order valence-corrected chi connectivity index (χ2v) is 8.81. The van der Waals surface area contributed by atoms with Crippen LogP contribution in [0, 0.1) is 11.8 Å². The molecule has 4 rings (SSSR count). The summed E-state index contributed by atoms with van der Waals surface area (Å²) in [5.41, 5.74) is 0.0441. The van der Waals surface area contributed by atoms with E-state index in [1.807, 2.05) is 4.90 Å². The largest absolute Gasteiger partial charge is 0.447 e. The average Bonchev–Trinajstić information content (AvgIpc) is 3.17. The van der Waals surface area contributed by atoms with Crippen molar-refractivity contribution >= 4 is 12.0 Å². The van der Waals surface area contributed by atoms with Gasteiger partial charge in [0.2, 0.25) is 5.91 Å². The molecule has 2 unspecified atom stereocenters. The zero-order valence-electron chi connectivity index (χ0n) is 16.5. The van der Waals surface area contributed by atoms with E-state index in [1.165, 1.54) is 0 Å². The molecule has 8 heteroatoms. The molecule has 1 heterocycles. The van der Waals surface area contributed by atoms with Gasteiger partial charge in [-0.1, -0.05) is 12.1 Å². The van der Waals surface area contributed by atoms with Crippen LogP contribution in [0.4, 0.5) is 18.0 Å². The fourth-order valence-electron chi connectivity index (χ4n) is 4.70. The molecule has 1 aliphatic heterocycles. The second-order valence-electron chi connectivity index (χ2n) is 8.81. The van der Waals surface area contributed by atoms with Crippen molar-refractivity contribution in [3.05, 3.63) is 35.4 Å². The number of piperidine rings is 1. The van der Waals surface area contributed by atoms with E-state index in [0.717, 1.165) is 24.1 Å². The van der Waals surface area contributed by atoms with Gasteiger partial charge < -0.3 is 15.0 Å². The number of hydrogen-bond acceptors (Lipinski definition) is 3. The fraction of sp³-hybridized carbons (Fsp3) is 0.619. The van der Waals surface area contributed by atoms with Gasteiger partial charge in [-0.15, -0.1) is 0 Å². The quantitative estimate of drug-likeness (QED) is 0.823. The number of fused-ring (bicyclic) bond motifs is 1. The van der Waals surface area contributed by atoms with E-state index in [2.05, 4.69) is 5.32 Å². The van der Waals surface area contributed by atoms with Crippen LogP contribution in [0.5, 0.6) is 0 Å². The first-order valence-corrected chi connectivity index (χ1v) is 10.0. The summed E-state index contributed by atoms with van der Waals surface area (Å²) in [4.78, 5) is 26.3. The van der Waals surface area contributed by atoms with Crippen molar-refractivity contribution in [2.75, 3.05) is 13.1 Å². The van der Waals surface area contributed by atoms with Gasteiger partial charge in [0, 0.05) is 30.5 Å². The summed E-state index contributed by atoms with van der Waals surface area (Å²) in [5, 5.41) is 2.77. The van der Waals surface area contributed by atoms with Crippen LogP contribution in [0.1, 0.15) is 44.2 Å². The highest BCUT2D eigenvalue weighted by Crippen LogP contribution is 2.59. The number of hydrogen-bond donors (Lipinski definition) is 1. The van der Waals surface area contributed by atoms with Crippen molar-refractivity contribution in [1.82, 2.24) is 10.2 Å². The summed E-state index contributed by atoms with van der Waals surface area (Å²) >= 11 is 0. The molecule has 0 aromatic heterocycles. The third-order valence-corrected chi connectivity index (χ3v) is 6.40. The van der Waals surface area contributed by atoms with E-state index in [1.54, 1.807) is 26.0 Å². The maximum Gasteiger partial charge on any atom is 0.416 e. The van der Waals surface area contributed by atoms with E-state index in [-0.39, 0.29) is 29.4 Å². The molecule has 2 amide bonds. The van der Waals surface area contributed by atoms with Gasteiger partial charge in [-0.3, -0.25) is 4.79 Å². The SMILES string of the molecule is CC(C)OC(=O)N[C@H]1C[C@@H](C(=O)N2CC3CC3(c3ccc(C(F)(F)F)cc3)C2)C1. The minimum atomic E-state index is -4.34. The molecule has 0 spiro atoms. The average molecular weight is 410 g/mol. The monoisotopic (exact) mass is 410 g/mol. The molecule has 2 aliphatic carbocycles. The van der Waals surface area contributed by atoms with Crippen molar-refractivity contribution < 1.29 is 27.5 Å². The van der Waals surface area contributed by atoms with Gasteiger partial charge in [0.15, 0.2) is 0 Å². The summed E-state index contributed by atoms with van der Waals surface area (Å²) in [7, 11) is 0. The van der Waals surface area contributed by atoms with E-state index in [0.29, 0.717) is 31.8 Å². The number of halogens is 3. The summed E-state index contributed by atoms with van der Waals surface area (Å²) in [5.74, 6) is 0.290. The number of nitrogens with zero attached hydrogens (tertiary/aromatic N) is 1. The number of benzene rings is 1. The molecule has 3 fully saturated rings. The summed E-state index contributed by atoms with van der Waals surface area (Å²) in [6.45, 7) is 4.77. The van der Waals surface area contributed by atoms with Crippen LogP contribution in [0.3, 0.4) is 0 Å². The third-order valence-electron chi connectivity index (χ3n) is 6.40. The molecule has 1 saturated heterocycles. The highest BCUT2D eigenvalue weighted by Gasteiger charge is 2.62. The standard InChI is InChI=1S/C21H25F3N2O3/c1-12(2)29-19(28)25-17-7-13(8-17)18(27)26-10-16-9-20(16,11-26)14-3-5-15(6-4-14)21(22,23)24/h3-6,12-13,16-17H,7-11H2,1-2H3,(H,25,28)/t13-,16?,17+,20?. The van der Waals surface area contributed by atoms with Gasteiger partial charge in [0.05, 0.1) is 11.7 Å². The Morgan fingerprint density at radius 1 is 1.21 bits per heavy atom. The highest BCUT2D eigenvalue weighted by atomic mass is 19.4. The maximum absolute atomic E-state index is 12.8. The lowest BCUT2D eigenvalue weighted by molar-refractivity contribution is -0.138. The van der Waals surface area contributed by atoms with E-state index < -0.39 is 17.8 Å². The molecular weight excluding hydrogens is 385 g/mol. The van der Waals surface area contributed by atoms with Gasteiger partial charge in [0.1, 0.15) is 0 Å². The Morgan fingerprint density at radius 2 is 1.86 bits per heavy atom. The number of carbonyl (C=O) groups is 2. The molecule has 1 aromatic rings. The Balaban J connectivity index is 1.31. The summed E-state index contributed by atoms with van der Waals surface area (Å²) < 4.78 is 43.4. The number of alkyl halides is 3. The molecule has 1 aromatic carbocycles.